The molecule has 0 aliphatic carbocycles. The third-order valence-corrected chi connectivity index (χ3v) is 5.25. The predicted molar refractivity (Wildman–Crippen MR) is 98.3 cm³/mol. The summed E-state index contributed by atoms with van der Waals surface area (Å²) in [7, 11) is -3.26. The molecule has 0 amide bonds. The van der Waals surface area contributed by atoms with E-state index in [-0.39, 0.29) is 17.9 Å². The molecule has 0 radical (unpaired) electrons. The van der Waals surface area contributed by atoms with E-state index in [0.29, 0.717) is 12.0 Å². The SMILES string of the molecule is CS(=O)(=O)N[C@@H]1CCCN[C@@H]1Cc1ccc(F)c(-c2ccccc2)c1. The first kappa shape index (κ1) is 18.0. The summed E-state index contributed by atoms with van der Waals surface area (Å²) in [5, 5.41) is 3.39. The Balaban J connectivity index is 1.82. The largest absolute Gasteiger partial charge is 0.312 e. The summed E-state index contributed by atoms with van der Waals surface area (Å²) < 4.78 is 40.1. The number of nitrogens with one attached hydrogen (secondary N) is 2. The Morgan fingerprint density at radius 1 is 1.20 bits per heavy atom. The van der Waals surface area contributed by atoms with Gasteiger partial charge in [0.15, 0.2) is 0 Å². The zero-order chi connectivity index (χ0) is 17.9. The second kappa shape index (κ2) is 7.64. The molecule has 0 unspecified atom stereocenters. The van der Waals surface area contributed by atoms with Crippen LogP contribution in [-0.4, -0.2) is 33.3 Å². The first-order chi connectivity index (χ1) is 11.9. The van der Waals surface area contributed by atoms with Crippen molar-refractivity contribution in [1.29, 1.82) is 0 Å². The molecule has 1 saturated heterocycles. The van der Waals surface area contributed by atoms with Crippen molar-refractivity contribution in [2.24, 2.45) is 0 Å². The van der Waals surface area contributed by atoms with Gasteiger partial charge in [-0.05, 0) is 49.1 Å². The molecule has 0 saturated carbocycles. The molecule has 1 fully saturated rings. The van der Waals surface area contributed by atoms with Crippen molar-refractivity contribution in [3.63, 3.8) is 0 Å². The molecule has 2 N–H and O–H groups in total. The standard InChI is InChI=1S/C19H23FN2O2S/c1-25(23,24)22-18-8-5-11-21-19(18)13-14-9-10-17(20)16(12-14)15-6-3-2-4-7-15/h2-4,6-7,9-10,12,18-19,21-22H,5,8,11,13H2,1H3/t18-,19-/m1/s1. The summed E-state index contributed by atoms with van der Waals surface area (Å²) in [5.41, 5.74) is 2.39. The highest BCUT2D eigenvalue weighted by molar-refractivity contribution is 7.88. The van der Waals surface area contributed by atoms with Gasteiger partial charge in [-0.2, -0.15) is 0 Å². The van der Waals surface area contributed by atoms with Crippen molar-refractivity contribution in [1.82, 2.24) is 10.0 Å². The van der Waals surface area contributed by atoms with E-state index in [4.69, 9.17) is 0 Å². The molecule has 1 aliphatic heterocycles. The van der Waals surface area contributed by atoms with E-state index in [1.54, 1.807) is 6.07 Å². The summed E-state index contributed by atoms with van der Waals surface area (Å²) in [6, 6.07) is 14.4. The highest BCUT2D eigenvalue weighted by Gasteiger charge is 2.27. The van der Waals surface area contributed by atoms with E-state index in [1.165, 1.54) is 12.3 Å². The highest BCUT2D eigenvalue weighted by atomic mass is 32.2. The molecular formula is C19H23FN2O2S. The number of rotatable bonds is 5. The van der Waals surface area contributed by atoms with Crippen LogP contribution in [0.25, 0.3) is 11.1 Å². The molecule has 2 atom stereocenters. The predicted octanol–water partition coefficient (Wildman–Crippen LogP) is 2.71. The molecular weight excluding hydrogens is 339 g/mol. The summed E-state index contributed by atoms with van der Waals surface area (Å²) in [4.78, 5) is 0. The van der Waals surface area contributed by atoms with Gasteiger partial charge in [0.2, 0.25) is 10.0 Å². The van der Waals surface area contributed by atoms with Gasteiger partial charge in [-0.3, -0.25) is 0 Å². The fourth-order valence-corrected chi connectivity index (χ4v) is 4.21. The lowest BCUT2D eigenvalue weighted by Crippen LogP contribution is -2.54. The Hall–Kier alpha value is -1.76. The molecule has 0 spiro atoms. The van der Waals surface area contributed by atoms with E-state index >= 15 is 0 Å². The normalized spacial score (nSPS) is 21.2. The van der Waals surface area contributed by atoms with Crippen LogP contribution in [0.4, 0.5) is 4.39 Å². The van der Waals surface area contributed by atoms with Crippen LogP contribution < -0.4 is 10.0 Å². The van der Waals surface area contributed by atoms with Crippen LogP contribution in [0.2, 0.25) is 0 Å². The number of sulfonamides is 1. The van der Waals surface area contributed by atoms with Crippen LogP contribution in [0.5, 0.6) is 0 Å². The second-order valence-corrected chi connectivity index (χ2v) is 8.36. The molecule has 25 heavy (non-hydrogen) atoms. The first-order valence-electron chi connectivity index (χ1n) is 8.47. The van der Waals surface area contributed by atoms with Gasteiger partial charge in [0.05, 0.1) is 6.26 Å². The fourth-order valence-electron chi connectivity index (χ4n) is 3.38. The van der Waals surface area contributed by atoms with Crippen LogP contribution in [0, 0.1) is 5.82 Å². The number of piperidine rings is 1. The van der Waals surface area contributed by atoms with Gasteiger partial charge in [0, 0.05) is 17.6 Å². The van der Waals surface area contributed by atoms with Crippen LogP contribution >= 0.6 is 0 Å². The van der Waals surface area contributed by atoms with Gasteiger partial charge in [-0.15, -0.1) is 0 Å². The number of halogens is 1. The Kier molecular flexibility index (Phi) is 5.51. The molecule has 4 nitrogen and oxygen atoms in total. The van der Waals surface area contributed by atoms with Crippen molar-refractivity contribution >= 4 is 10.0 Å². The lowest BCUT2D eigenvalue weighted by Gasteiger charge is -2.33. The molecule has 2 aromatic rings. The molecule has 1 aliphatic rings. The third kappa shape index (κ3) is 4.87. The summed E-state index contributed by atoms with van der Waals surface area (Å²) in [5.74, 6) is -0.252. The summed E-state index contributed by atoms with van der Waals surface area (Å²) in [6.07, 6.45) is 3.57. The Morgan fingerprint density at radius 2 is 1.96 bits per heavy atom. The van der Waals surface area contributed by atoms with Crippen molar-refractivity contribution in [2.45, 2.75) is 31.3 Å². The zero-order valence-electron chi connectivity index (χ0n) is 14.2. The van der Waals surface area contributed by atoms with Crippen LogP contribution in [-0.2, 0) is 16.4 Å². The fraction of sp³-hybridized carbons (Fsp3) is 0.368. The summed E-state index contributed by atoms with van der Waals surface area (Å²) >= 11 is 0. The van der Waals surface area contributed by atoms with E-state index in [9.17, 15) is 12.8 Å². The van der Waals surface area contributed by atoms with Crippen molar-refractivity contribution < 1.29 is 12.8 Å². The molecule has 1 heterocycles. The second-order valence-electron chi connectivity index (χ2n) is 6.58. The Bertz CT molecular complexity index is 825. The first-order valence-corrected chi connectivity index (χ1v) is 10.4. The average Bonchev–Trinajstić information content (AvgIpc) is 2.58. The number of hydrogen-bond acceptors (Lipinski definition) is 3. The van der Waals surface area contributed by atoms with Gasteiger partial charge >= 0.3 is 0 Å². The minimum absolute atomic E-state index is 0.00226. The molecule has 6 heteroatoms. The molecule has 3 rings (SSSR count). The lowest BCUT2D eigenvalue weighted by molar-refractivity contribution is 0.329. The topological polar surface area (TPSA) is 58.2 Å². The van der Waals surface area contributed by atoms with Gasteiger partial charge in [0.1, 0.15) is 5.82 Å². The van der Waals surface area contributed by atoms with Crippen molar-refractivity contribution in [3.8, 4) is 11.1 Å². The Morgan fingerprint density at radius 3 is 2.68 bits per heavy atom. The maximum Gasteiger partial charge on any atom is 0.209 e. The van der Waals surface area contributed by atoms with E-state index in [0.717, 1.165) is 30.5 Å². The molecule has 134 valence electrons. The van der Waals surface area contributed by atoms with Crippen LogP contribution in [0.3, 0.4) is 0 Å². The van der Waals surface area contributed by atoms with E-state index in [1.807, 2.05) is 36.4 Å². The highest BCUT2D eigenvalue weighted by Crippen LogP contribution is 2.25. The Labute approximate surface area is 148 Å². The lowest BCUT2D eigenvalue weighted by atomic mass is 9.92. The van der Waals surface area contributed by atoms with Crippen molar-refractivity contribution in [2.75, 3.05) is 12.8 Å². The van der Waals surface area contributed by atoms with E-state index < -0.39 is 10.0 Å². The smallest absolute Gasteiger partial charge is 0.209 e. The van der Waals surface area contributed by atoms with E-state index in [2.05, 4.69) is 10.0 Å². The maximum absolute atomic E-state index is 14.2. The average molecular weight is 362 g/mol. The third-order valence-electron chi connectivity index (χ3n) is 4.52. The van der Waals surface area contributed by atoms with Crippen molar-refractivity contribution in [3.05, 3.63) is 59.9 Å². The van der Waals surface area contributed by atoms with Gasteiger partial charge in [-0.1, -0.05) is 36.4 Å². The van der Waals surface area contributed by atoms with Crippen LogP contribution in [0.1, 0.15) is 18.4 Å². The minimum Gasteiger partial charge on any atom is -0.312 e. The number of benzene rings is 2. The molecule has 0 bridgehead atoms. The monoisotopic (exact) mass is 362 g/mol. The van der Waals surface area contributed by atoms with Gasteiger partial charge in [0.25, 0.3) is 0 Å². The van der Waals surface area contributed by atoms with Gasteiger partial charge < -0.3 is 5.32 Å². The quantitative estimate of drug-likeness (QED) is 0.860. The number of hydrogen-bond donors (Lipinski definition) is 2. The summed E-state index contributed by atoms with van der Waals surface area (Å²) in [6.45, 7) is 0.860. The van der Waals surface area contributed by atoms with Crippen LogP contribution in [0.15, 0.2) is 48.5 Å². The molecule has 2 aromatic carbocycles. The zero-order valence-corrected chi connectivity index (χ0v) is 15.0. The molecule has 0 aromatic heterocycles. The maximum atomic E-state index is 14.2. The van der Waals surface area contributed by atoms with Gasteiger partial charge in [-0.25, -0.2) is 17.5 Å². The minimum atomic E-state index is -3.26.